The van der Waals surface area contributed by atoms with Crippen LogP contribution in [0.5, 0.6) is 0 Å². The maximum atomic E-state index is 6.08. The molecule has 0 unspecified atom stereocenters. The van der Waals surface area contributed by atoms with Gasteiger partial charge in [-0.2, -0.15) is 0 Å². The Morgan fingerprint density at radius 3 is 2.50 bits per heavy atom. The Morgan fingerprint density at radius 2 is 1.85 bits per heavy atom. The Morgan fingerprint density at radius 1 is 1.15 bits per heavy atom. The number of alkyl halides is 1. The highest BCUT2D eigenvalue weighted by molar-refractivity contribution is 6.17. The zero-order valence-electron chi connectivity index (χ0n) is 12.5. The number of pyridine rings is 1. The molecule has 20 heavy (non-hydrogen) atoms. The third-order valence-corrected chi connectivity index (χ3v) is 5.61. The Kier molecular flexibility index (Phi) is 4.21. The third kappa shape index (κ3) is 2.81. The van der Waals surface area contributed by atoms with Crippen molar-refractivity contribution in [2.24, 2.45) is 5.41 Å². The monoisotopic (exact) mass is 292 g/mol. The quantitative estimate of drug-likeness (QED) is 0.736. The lowest BCUT2D eigenvalue weighted by Crippen LogP contribution is -2.41. The summed E-state index contributed by atoms with van der Waals surface area (Å²) in [6, 6.07) is 2.20. The Labute approximate surface area is 127 Å². The summed E-state index contributed by atoms with van der Waals surface area (Å²) in [6.07, 6.45) is 11.9. The summed E-state index contributed by atoms with van der Waals surface area (Å²) in [5.41, 5.74) is 4.25. The maximum absolute atomic E-state index is 6.08. The van der Waals surface area contributed by atoms with Gasteiger partial charge in [-0.3, -0.25) is 4.98 Å². The fraction of sp³-hybridized carbons (Fsp3) is 0.706. The lowest BCUT2D eigenvalue weighted by molar-refractivity contribution is 0.144. The van der Waals surface area contributed by atoms with Crippen molar-refractivity contribution < 1.29 is 0 Å². The average molecular weight is 293 g/mol. The van der Waals surface area contributed by atoms with Gasteiger partial charge in [0.1, 0.15) is 0 Å². The van der Waals surface area contributed by atoms with Gasteiger partial charge in [-0.25, -0.2) is 0 Å². The number of aromatic nitrogens is 1. The molecule has 2 heterocycles. The van der Waals surface area contributed by atoms with Crippen LogP contribution in [-0.2, 0) is 5.88 Å². The van der Waals surface area contributed by atoms with Crippen molar-refractivity contribution in [1.29, 1.82) is 0 Å². The van der Waals surface area contributed by atoms with Crippen LogP contribution in [0.25, 0.3) is 0 Å². The molecule has 2 nitrogen and oxygen atoms in total. The lowest BCUT2D eigenvalue weighted by Gasteiger charge is -2.45. The molecule has 2 fully saturated rings. The minimum absolute atomic E-state index is 0.560. The molecule has 1 spiro atoms. The molecule has 0 amide bonds. The van der Waals surface area contributed by atoms with E-state index in [-0.39, 0.29) is 0 Å². The standard InChI is InChI=1S/C17H25ClN2/c1-14-11-16(15(12-18)13-19-14)20-9-7-17(8-10-20)5-3-2-4-6-17/h11,13H,2-10,12H2,1H3. The topological polar surface area (TPSA) is 16.1 Å². The van der Waals surface area contributed by atoms with Crippen molar-refractivity contribution in [1.82, 2.24) is 4.98 Å². The smallest absolute Gasteiger partial charge is 0.0509 e. The van der Waals surface area contributed by atoms with E-state index < -0.39 is 0 Å². The highest BCUT2D eigenvalue weighted by Crippen LogP contribution is 2.45. The SMILES string of the molecule is Cc1cc(N2CCC3(CCCCC3)CC2)c(CCl)cn1. The predicted molar refractivity (Wildman–Crippen MR) is 85.5 cm³/mol. The summed E-state index contributed by atoms with van der Waals surface area (Å²) in [5.74, 6) is 0.560. The average Bonchev–Trinajstić information content (AvgIpc) is 2.49. The van der Waals surface area contributed by atoms with Gasteiger partial charge < -0.3 is 4.90 Å². The number of rotatable bonds is 2. The summed E-state index contributed by atoms with van der Waals surface area (Å²) in [6.45, 7) is 4.44. The normalized spacial score (nSPS) is 22.2. The molecule has 0 N–H and O–H groups in total. The van der Waals surface area contributed by atoms with Crippen LogP contribution in [0.2, 0.25) is 0 Å². The van der Waals surface area contributed by atoms with Gasteiger partial charge in [0.05, 0.1) is 5.88 Å². The molecule has 3 heteroatoms. The summed E-state index contributed by atoms with van der Waals surface area (Å²) in [7, 11) is 0. The largest absolute Gasteiger partial charge is 0.371 e. The van der Waals surface area contributed by atoms with E-state index in [2.05, 4.69) is 22.9 Å². The molecule has 1 aromatic rings. The van der Waals surface area contributed by atoms with E-state index in [4.69, 9.17) is 11.6 Å². The van der Waals surface area contributed by atoms with Crippen molar-refractivity contribution in [2.45, 2.75) is 57.7 Å². The first-order valence-corrected chi connectivity index (χ1v) is 8.52. The Bertz CT molecular complexity index is 456. The van der Waals surface area contributed by atoms with Gasteiger partial charge in [0.25, 0.3) is 0 Å². The predicted octanol–water partition coefficient (Wildman–Crippen LogP) is 4.68. The van der Waals surface area contributed by atoms with E-state index in [9.17, 15) is 0 Å². The van der Waals surface area contributed by atoms with Gasteiger partial charge >= 0.3 is 0 Å². The maximum Gasteiger partial charge on any atom is 0.0509 e. The highest BCUT2D eigenvalue weighted by Gasteiger charge is 2.35. The number of hydrogen-bond acceptors (Lipinski definition) is 2. The van der Waals surface area contributed by atoms with Crippen molar-refractivity contribution in [3.63, 3.8) is 0 Å². The second kappa shape index (κ2) is 5.93. The molecular formula is C17H25ClN2. The van der Waals surface area contributed by atoms with Crippen LogP contribution < -0.4 is 4.90 Å². The van der Waals surface area contributed by atoms with E-state index in [1.165, 1.54) is 69.3 Å². The lowest BCUT2D eigenvalue weighted by atomic mass is 9.68. The molecule has 0 aromatic carbocycles. The summed E-state index contributed by atoms with van der Waals surface area (Å²) in [5, 5.41) is 0. The van der Waals surface area contributed by atoms with Crippen molar-refractivity contribution in [3.05, 3.63) is 23.5 Å². The Balaban J connectivity index is 1.73. The number of hydrogen-bond donors (Lipinski definition) is 0. The molecule has 1 saturated carbocycles. The summed E-state index contributed by atoms with van der Waals surface area (Å²) < 4.78 is 0. The fourth-order valence-corrected chi connectivity index (χ4v) is 4.20. The van der Waals surface area contributed by atoms with E-state index in [1.807, 2.05) is 6.20 Å². The first-order chi connectivity index (χ1) is 9.72. The van der Waals surface area contributed by atoms with E-state index in [0.717, 1.165) is 5.69 Å². The van der Waals surface area contributed by atoms with Gasteiger partial charge in [-0.05, 0) is 44.1 Å². The summed E-state index contributed by atoms with van der Waals surface area (Å²) in [4.78, 5) is 6.91. The van der Waals surface area contributed by atoms with Crippen LogP contribution in [0.4, 0.5) is 5.69 Å². The van der Waals surface area contributed by atoms with Crippen LogP contribution in [-0.4, -0.2) is 18.1 Å². The zero-order valence-corrected chi connectivity index (χ0v) is 13.3. The molecule has 1 aromatic heterocycles. The van der Waals surface area contributed by atoms with Gasteiger partial charge in [0, 0.05) is 36.2 Å². The van der Waals surface area contributed by atoms with E-state index >= 15 is 0 Å². The van der Waals surface area contributed by atoms with Gasteiger partial charge in [-0.1, -0.05) is 19.3 Å². The van der Waals surface area contributed by atoms with Crippen LogP contribution in [0, 0.1) is 12.3 Å². The van der Waals surface area contributed by atoms with Crippen molar-refractivity contribution in [3.8, 4) is 0 Å². The van der Waals surface area contributed by atoms with Gasteiger partial charge in [0.15, 0.2) is 0 Å². The molecular weight excluding hydrogens is 268 g/mol. The molecule has 0 radical (unpaired) electrons. The second-order valence-electron chi connectivity index (χ2n) is 6.64. The zero-order chi connectivity index (χ0) is 14.0. The molecule has 3 rings (SSSR count). The number of anilines is 1. The third-order valence-electron chi connectivity index (χ3n) is 5.32. The molecule has 1 aliphatic heterocycles. The van der Waals surface area contributed by atoms with Crippen LogP contribution in [0.15, 0.2) is 12.3 Å². The molecule has 0 bridgehead atoms. The van der Waals surface area contributed by atoms with Gasteiger partial charge in [-0.15, -0.1) is 11.6 Å². The number of piperidine rings is 1. The van der Waals surface area contributed by atoms with Gasteiger partial charge in [0.2, 0.25) is 0 Å². The minimum Gasteiger partial charge on any atom is -0.371 e. The van der Waals surface area contributed by atoms with E-state index in [0.29, 0.717) is 11.3 Å². The number of nitrogens with zero attached hydrogens (tertiary/aromatic N) is 2. The fourth-order valence-electron chi connectivity index (χ4n) is 3.99. The molecule has 110 valence electrons. The van der Waals surface area contributed by atoms with Crippen molar-refractivity contribution in [2.75, 3.05) is 18.0 Å². The van der Waals surface area contributed by atoms with Crippen LogP contribution in [0.1, 0.15) is 56.2 Å². The number of aryl methyl sites for hydroxylation is 1. The first kappa shape index (κ1) is 14.2. The highest BCUT2D eigenvalue weighted by atomic mass is 35.5. The first-order valence-electron chi connectivity index (χ1n) is 7.99. The van der Waals surface area contributed by atoms with E-state index in [1.54, 1.807) is 0 Å². The Hall–Kier alpha value is -0.760. The summed E-state index contributed by atoms with van der Waals surface area (Å²) >= 11 is 6.08. The van der Waals surface area contributed by atoms with Crippen LogP contribution in [0.3, 0.4) is 0 Å². The molecule has 2 aliphatic rings. The molecule has 1 aliphatic carbocycles. The second-order valence-corrected chi connectivity index (χ2v) is 6.90. The minimum atomic E-state index is 0.560. The molecule has 1 saturated heterocycles. The molecule has 0 atom stereocenters. The van der Waals surface area contributed by atoms with Crippen molar-refractivity contribution >= 4 is 17.3 Å². The number of halogens is 1. The van der Waals surface area contributed by atoms with Crippen LogP contribution >= 0.6 is 11.6 Å².